The minimum atomic E-state index is -0.537. The van der Waals surface area contributed by atoms with E-state index in [0.717, 1.165) is 0 Å². The van der Waals surface area contributed by atoms with E-state index in [1.807, 2.05) is 0 Å². The van der Waals surface area contributed by atoms with Gasteiger partial charge in [-0.15, -0.1) is 0 Å². The second-order valence-electron chi connectivity index (χ2n) is 7.84. The molecule has 0 amide bonds. The van der Waals surface area contributed by atoms with Gasteiger partial charge in [0.15, 0.2) is 0 Å². The maximum atomic E-state index is 13.4. The van der Waals surface area contributed by atoms with Crippen molar-refractivity contribution in [2.24, 2.45) is 0 Å². The highest BCUT2D eigenvalue weighted by Crippen LogP contribution is 2.48. The number of methoxy groups -OCH3 is 2. The average molecular weight is 479 g/mol. The van der Waals surface area contributed by atoms with Crippen molar-refractivity contribution >= 4 is 28.5 Å². The Kier molecular flexibility index (Phi) is 5.42. The van der Waals surface area contributed by atoms with Gasteiger partial charge in [-0.2, -0.15) is 0 Å². The summed E-state index contributed by atoms with van der Waals surface area (Å²) in [6.07, 6.45) is 1.34. The SMILES string of the molecule is COc1ccc(C2CC(=O)Oc3cc(O)c4c(=O)c(-c5ccc(Cl)cc5)coc4c32)c(OC)c1. The number of esters is 1. The number of halogens is 1. The lowest BCUT2D eigenvalue weighted by molar-refractivity contribution is -0.135. The lowest BCUT2D eigenvalue weighted by atomic mass is 9.84. The summed E-state index contributed by atoms with van der Waals surface area (Å²) in [6, 6.07) is 13.3. The Morgan fingerprint density at radius 3 is 2.50 bits per heavy atom. The van der Waals surface area contributed by atoms with Gasteiger partial charge in [0, 0.05) is 34.2 Å². The monoisotopic (exact) mass is 478 g/mol. The zero-order valence-electron chi connectivity index (χ0n) is 18.3. The van der Waals surface area contributed by atoms with Crippen molar-refractivity contribution in [3.05, 3.63) is 81.2 Å². The predicted molar refractivity (Wildman–Crippen MR) is 126 cm³/mol. The molecule has 0 bridgehead atoms. The number of carbonyl (C=O) groups excluding carboxylic acids is 1. The number of hydrogen-bond donors (Lipinski definition) is 1. The summed E-state index contributed by atoms with van der Waals surface area (Å²) >= 11 is 5.97. The van der Waals surface area contributed by atoms with E-state index in [9.17, 15) is 14.7 Å². The van der Waals surface area contributed by atoms with Crippen molar-refractivity contribution in [3.63, 3.8) is 0 Å². The molecular weight excluding hydrogens is 460 g/mol. The first-order valence-corrected chi connectivity index (χ1v) is 10.8. The maximum Gasteiger partial charge on any atom is 0.312 e. The third-order valence-corrected chi connectivity index (χ3v) is 6.19. The van der Waals surface area contributed by atoms with Crippen LogP contribution in [0.25, 0.3) is 22.1 Å². The standard InChI is InChI=1S/C26H19ClO7/c1-31-15-7-8-16(20(9-15)32-2)17-10-22(29)34-21-11-19(28)24-25(30)18(12-33-26(24)23(17)21)13-3-5-14(27)6-4-13/h3-9,11-12,17,28H,10H2,1-2H3. The van der Waals surface area contributed by atoms with E-state index in [0.29, 0.717) is 33.2 Å². The van der Waals surface area contributed by atoms with Gasteiger partial charge in [0.25, 0.3) is 0 Å². The number of fused-ring (bicyclic) bond motifs is 3. The summed E-state index contributed by atoms with van der Waals surface area (Å²) in [6.45, 7) is 0. The number of aromatic hydroxyl groups is 1. The fourth-order valence-electron chi connectivity index (χ4n) is 4.33. The van der Waals surface area contributed by atoms with Crippen molar-refractivity contribution < 1.29 is 28.5 Å². The molecular formula is C26H19ClO7. The van der Waals surface area contributed by atoms with Gasteiger partial charge in [-0.05, 0) is 23.8 Å². The van der Waals surface area contributed by atoms with Crippen LogP contribution < -0.4 is 19.6 Å². The van der Waals surface area contributed by atoms with Gasteiger partial charge in [-0.25, -0.2) is 0 Å². The van der Waals surface area contributed by atoms with Crippen molar-refractivity contribution in [2.75, 3.05) is 14.2 Å². The van der Waals surface area contributed by atoms with Crippen molar-refractivity contribution in [3.8, 4) is 34.1 Å². The van der Waals surface area contributed by atoms with Crippen LogP contribution in [0.1, 0.15) is 23.5 Å². The molecule has 0 fully saturated rings. The Labute approximate surface area is 199 Å². The molecule has 2 heterocycles. The Morgan fingerprint density at radius 1 is 1.03 bits per heavy atom. The average Bonchev–Trinajstić information content (AvgIpc) is 2.83. The summed E-state index contributed by atoms with van der Waals surface area (Å²) < 4.78 is 22.2. The third kappa shape index (κ3) is 3.54. The van der Waals surface area contributed by atoms with Crippen LogP contribution >= 0.6 is 11.6 Å². The van der Waals surface area contributed by atoms with E-state index in [1.165, 1.54) is 19.4 Å². The van der Waals surface area contributed by atoms with E-state index in [2.05, 4.69) is 0 Å². The number of rotatable bonds is 4. The van der Waals surface area contributed by atoms with Crippen molar-refractivity contribution in [1.29, 1.82) is 0 Å². The lowest BCUT2D eigenvalue weighted by Gasteiger charge is -2.27. The molecule has 0 radical (unpaired) electrons. The number of hydrogen-bond acceptors (Lipinski definition) is 7. The highest BCUT2D eigenvalue weighted by molar-refractivity contribution is 6.30. The molecule has 5 rings (SSSR count). The molecule has 1 N–H and O–H groups in total. The molecule has 172 valence electrons. The molecule has 1 atom stereocenters. The van der Waals surface area contributed by atoms with E-state index >= 15 is 0 Å². The first kappa shape index (κ1) is 21.9. The van der Waals surface area contributed by atoms with Crippen molar-refractivity contribution in [1.82, 2.24) is 0 Å². The maximum absolute atomic E-state index is 13.4. The van der Waals surface area contributed by atoms with Gasteiger partial charge >= 0.3 is 5.97 Å². The van der Waals surface area contributed by atoms with Crippen LogP contribution in [0, 0.1) is 0 Å². The highest BCUT2D eigenvalue weighted by Gasteiger charge is 2.35. The fraction of sp³-hybridized carbons (Fsp3) is 0.154. The van der Waals surface area contributed by atoms with Crippen molar-refractivity contribution in [2.45, 2.75) is 12.3 Å². The van der Waals surface area contributed by atoms with E-state index < -0.39 is 17.3 Å². The molecule has 0 saturated heterocycles. The molecule has 1 aromatic heterocycles. The summed E-state index contributed by atoms with van der Waals surface area (Å²) in [5.41, 5.74) is 1.77. The second-order valence-corrected chi connectivity index (χ2v) is 8.27. The Bertz CT molecular complexity index is 1490. The number of phenolic OH excluding ortho intramolecular Hbond substituents is 1. The van der Waals surface area contributed by atoms with E-state index in [4.69, 9.17) is 30.2 Å². The molecule has 1 unspecified atom stereocenters. The molecule has 34 heavy (non-hydrogen) atoms. The molecule has 3 aromatic carbocycles. The molecule has 4 aromatic rings. The van der Waals surface area contributed by atoms with E-state index in [1.54, 1.807) is 49.6 Å². The van der Waals surface area contributed by atoms with Crippen LogP contribution in [0.5, 0.6) is 23.0 Å². The number of carbonyl (C=O) groups is 1. The minimum absolute atomic E-state index is 0.00151. The van der Waals surface area contributed by atoms with Crippen LogP contribution in [-0.2, 0) is 4.79 Å². The van der Waals surface area contributed by atoms with Crippen LogP contribution in [0.15, 0.2) is 64.0 Å². The zero-order chi connectivity index (χ0) is 24.0. The quantitative estimate of drug-likeness (QED) is 0.315. The lowest BCUT2D eigenvalue weighted by Crippen LogP contribution is -2.22. The van der Waals surface area contributed by atoms with Gasteiger partial charge < -0.3 is 23.7 Å². The normalized spacial score (nSPS) is 15.0. The molecule has 0 aliphatic carbocycles. The minimum Gasteiger partial charge on any atom is -0.507 e. The Balaban J connectivity index is 1.77. The van der Waals surface area contributed by atoms with Crippen LogP contribution in [-0.4, -0.2) is 25.3 Å². The molecule has 1 aliphatic rings. The molecule has 8 heteroatoms. The third-order valence-electron chi connectivity index (χ3n) is 5.94. The summed E-state index contributed by atoms with van der Waals surface area (Å²) in [7, 11) is 3.07. The van der Waals surface area contributed by atoms with Gasteiger partial charge in [-0.3, -0.25) is 9.59 Å². The first-order chi connectivity index (χ1) is 16.4. The van der Waals surface area contributed by atoms with Gasteiger partial charge in [0.2, 0.25) is 5.43 Å². The fourth-order valence-corrected chi connectivity index (χ4v) is 4.46. The largest absolute Gasteiger partial charge is 0.507 e. The van der Waals surface area contributed by atoms with Crippen LogP contribution in [0.3, 0.4) is 0 Å². The number of phenols is 1. The van der Waals surface area contributed by atoms with Gasteiger partial charge in [-0.1, -0.05) is 29.8 Å². The summed E-state index contributed by atoms with van der Waals surface area (Å²) in [5.74, 6) is -0.126. The highest BCUT2D eigenvalue weighted by atomic mass is 35.5. The molecule has 1 aliphatic heterocycles. The number of benzene rings is 3. The molecule has 7 nitrogen and oxygen atoms in total. The Hall–Kier alpha value is -3.97. The van der Waals surface area contributed by atoms with Crippen LogP contribution in [0.4, 0.5) is 0 Å². The summed E-state index contributed by atoms with van der Waals surface area (Å²) in [4.78, 5) is 25.9. The topological polar surface area (TPSA) is 95.2 Å². The van der Waals surface area contributed by atoms with Gasteiger partial charge in [0.1, 0.15) is 40.2 Å². The Morgan fingerprint density at radius 2 is 1.79 bits per heavy atom. The molecule has 0 spiro atoms. The first-order valence-electron chi connectivity index (χ1n) is 10.4. The smallest absolute Gasteiger partial charge is 0.312 e. The predicted octanol–water partition coefficient (Wildman–Crippen LogP) is 5.28. The summed E-state index contributed by atoms with van der Waals surface area (Å²) in [5, 5.41) is 11.3. The molecule has 0 saturated carbocycles. The van der Waals surface area contributed by atoms with Gasteiger partial charge in [0.05, 0.1) is 26.2 Å². The van der Waals surface area contributed by atoms with Crippen LogP contribution in [0.2, 0.25) is 5.02 Å². The number of ether oxygens (including phenoxy) is 3. The second kappa shape index (κ2) is 8.43. The van der Waals surface area contributed by atoms with E-state index in [-0.39, 0.29) is 34.5 Å². The zero-order valence-corrected chi connectivity index (χ0v) is 19.0.